The second-order valence-corrected chi connectivity index (χ2v) is 3.91. The molecule has 1 amide bonds. The zero-order valence-corrected chi connectivity index (χ0v) is 10.8. The Bertz CT molecular complexity index is 491. The first-order valence-corrected chi connectivity index (χ1v) is 5.55. The first kappa shape index (κ1) is 14.7. The van der Waals surface area contributed by atoms with Gasteiger partial charge in [0.15, 0.2) is 0 Å². The first-order chi connectivity index (χ1) is 8.99. The zero-order valence-electron chi connectivity index (χ0n) is 10.8. The smallest absolute Gasteiger partial charge is 0.256 e. The molecular formula is C12H16FN3O3. The lowest BCUT2D eigenvalue weighted by Crippen LogP contribution is -2.31. The van der Waals surface area contributed by atoms with Crippen molar-refractivity contribution in [2.24, 2.45) is 10.9 Å². The van der Waals surface area contributed by atoms with Crippen molar-refractivity contribution in [3.63, 3.8) is 0 Å². The molecule has 104 valence electrons. The third-order valence-electron chi connectivity index (χ3n) is 2.59. The van der Waals surface area contributed by atoms with Gasteiger partial charge in [0, 0.05) is 26.1 Å². The summed E-state index contributed by atoms with van der Waals surface area (Å²) in [6, 6.07) is 4.01. The number of hydrogen-bond acceptors (Lipinski definition) is 4. The van der Waals surface area contributed by atoms with Crippen LogP contribution in [-0.4, -0.2) is 42.6 Å². The minimum atomic E-state index is -0.653. The maximum Gasteiger partial charge on any atom is 0.256 e. The van der Waals surface area contributed by atoms with E-state index in [1.165, 1.54) is 31.2 Å². The van der Waals surface area contributed by atoms with Crippen LogP contribution in [0.15, 0.2) is 23.4 Å². The first-order valence-electron chi connectivity index (χ1n) is 5.55. The molecule has 0 fully saturated rings. The highest BCUT2D eigenvalue weighted by atomic mass is 19.1. The molecule has 0 saturated heterocycles. The van der Waals surface area contributed by atoms with Crippen LogP contribution in [0.3, 0.4) is 0 Å². The number of hydrogen-bond donors (Lipinski definition) is 2. The van der Waals surface area contributed by atoms with E-state index >= 15 is 0 Å². The zero-order chi connectivity index (χ0) is 14.4. The van der Waals surface area contributed by atoms with E-state index in [0.717, 1.165) is 6.07 Å². The number of halogens is 1. The number of nitrogens with zero attached hydrogens (tertiary/aromatic N) is 2. The van der Waals surface area contributed by atoms with Gasteiger partial charge in [0.1, 0.15) is 17.4 Å². The van der Waals surface area contributed by atoms with Gasteiger partial charge < -0.3 is 20.6 Å². The molecule has 0 radical (unpaired) electrons. The van der Waals surface area contributed by atoms with Crippen LogP contribution in [-0.2, 0) is 0 Å². The average molecular weight is 269 g/mol. The molecule has 0 saturated carbocycles. The average Bonchev–Trinajstić information content (AvgIpc) is 2.43. The van der Waals surface area contributed by atoms with Crippen LogP contribution in [0.1, 0.15) is 16.8 Å². The second-order valence-electron chi connectivity index (χ2n) is 3.91. The van der Waals surface area contributed by atoms with Crippen molar-refractivity contribution in [3.05, 3.63) is 29.6 Å². The molecule has 0 heterocycles. The largest absolute Gasteiger partial charge is 0.497 e. The fourth-order valence-corrected chi connectivity index (χ4v) is 1.44. The molecule has 3 N–H and O–H groups in total. The second kappa shape index (κ2) is 6.58. The van der Waals surface area contributed by atoms with Crippen LogP contribution in [0.4, 0.5) is 4.39 Å². The number of benzene rings is 1. The van der Waals surface area contributed by atoms with Crippen LogP contribution in [0.25, 0.3) is 0 Å². The molecule has 0 aliphatic heterocycles. The molecule has 0 unspecified atom stereocenters. The van der Waals surface area contributed by atoms with E-state index in [0.29, 0.717) is 5.75 Å². The number of ether oxygens (including phenoxy) is 1. The Morgan fingerprint density at radius 3 is 2.79 bits per heavy atom. The van der Waals surface area contributed by atoms with Gasteiger partial charge in [-0.2, -0.15) is 0 Å². The number of nitrogens with two attached hydrogens (primary N) is 1. The van der Waals surface area contributed by atoms with Gasteiger partial charge in [-0.15, -0.1) is 0 Å². The third-order valence-corrected chi connectivity index (χ3v) is 2.59. The van der Waals surface area contributed by atoms with Crippen molar-refractivity contribution in [2.45, 2.75) is 6.42 Å². The van der Waals surface area contributed by atoms with Crippen LogP contribution in [0.2, 0.25) is 0 Å². The van der Waals surface area contributed by atoms with Crippen molar-refractivity contribution in [2.75, 3.05) is 20.7 Å². The van der Waals surface area contributed by atoms with Gasteiger partial charge in [0.2, 0.25) is 0 Å². The van der Waals surface area contributed by atoms with Crippen molar-refractivity contribution >= 4 is 11.7 Å². The summed E-state index contributed by atoms with van der Waals surface area (Å²) < 4.78 is 18.6. The highest BCUT2D eigenvalue weighted by Gasteiger charge is 2.16. The van der Waals surface area contributed by atoms with Crippen LogP contribution in [0, 0.1) is 5.82 Å². The molecule has 1 aromatic rings. The molecule has 1 aromatic carbocycles. The summed E-state index contributed by atoms with van der Waals surface area (Å²) in [6.07, 6.45) is 0.205. The van der Waals surface area contributed by atoms with E-state index < -0.39 is 11.7 Å². The van der Waals surface area contributed by atoms with E-state index in [9.17, 15) is 9.18 Å². The lowest BCUT2D eigenvalue weighted by atomic mass is 10.1. The molecule has 0 atom stereocenters. The van der Waals surface area contributed by atoms with Gasteiger partial charge >= 0.3 is 0 Å². The number of carbonyl (C=O) groups excluding carboxylic acids is 1. The molecule has 0 aliphatic rings. The Morgan fingerprint density at radius 2 is 2.26 bits per heavy atom. The lowest BCUT2D eigenvalue weighted by Gasteiger charge is -2.17. The summed E-state index contributed by atoms with van der Waals surface area (Å²) in [7, 11) is 2.93. The predicted octanol–water partition coefficient (Wildman–Crippen LogP) is 1.04. The molecule has 7 heteroatoms. The molecule has 0 bridgehead atoms. The Balaban J connectivity index is 2.77. The topological polar surface area (TPSA) is 88.2 Å². The minimum Gasteiger partial charge on any atom is -0.497 e. The van der Waals surface area contributed by atoms with Crippen molar-refractivity contribution in [3.8, 4) is 5.75 Å². The van der Waals surface area contributed by atoms with Crippen LogP contribution < -0.4 is 10.5 Å². The van der Waals surface area contributed by atoms with E-state index in [1.54, 1.807) is 0 Å². The molecule has 19 heavy (non-hydrogen) atoms. The van der Waals surface area contributed by atoms with Gasteiger partial charge in [-0.05, 0) is 12.1 Å². The highest BCUT2D eigenvalue weighted by molar-refractivity contribution is 5.94. The lowest BCUT2D eigenvalue weighted by molar-refractivity contribution is 0.0794. The fraction of sp³-hybridized carbons (Fsp3) is 0.333. The Kier molecular flexibility index (Phi) is 5.11. The summed E-state index contributed by atoms with van der Waals surface area (Å²) >= 11 is 0. The number of carbonyl (C=O) groups is 1. The predicted molar refractivity (Wildman–Crippen MR) is 67.9 cm³/mol. The van der Waals surface area contributed by atoms with Gasteiger partial charge in [-0.3, -0.25) is 4.79 Å². The fourth-order valence-electron chi connectivity index (χ4n) is 1.44. The van der Waals surface area contributed by atoms with E-state index in [1.807, 2.05) is 0 Å². The summed E-state index contributed by atoms with van der Waals surface area (Å²) in [5.41, 5.74) is 5.25. The molecule has 1 rings (SSSR count). The monoisotopic (exact) mass is 269 g/mol. The van der Waals surface area contributed by atoms with E-state index in [-0.39, 0.29) is 24.4 Å². The van der Waals surface area contributed by atoms with Gasteiger partial charge in [-0.1, -0.05) is 5.16 Å². The third kappa shape index (κ3) is 3.84. The number of oxime groups is 1. The van der Waals surface area contributed by atoms with E-state index in [4.69, 9.17) is 15.7 Å². The maximum absolute atomic E-state index is 13.7. The summed E-state index contributed by atoms with van der Waals surface area (Å²) in [4.78, 5) is 13.3. The maximum atomic E-state index is 13.7. The number of amides is 1. The van der Waals surface area contributed by atoms with Crippen molar-refractivity contribution in [1.29, 1.82) is 0 Å². The van der Waals surface area contributed by atoms with Crippen LogP contribution >= 0.6 is 0 Å². The normalized spacial score (nSPS) is 11.2. The van der Waals surface area contributed by atoms with Crippen molar-refractivity contribution in [1.82, 2.24) is 4.90 Å². The Hall–Kier alpha value is -2.31. The van der Waals surface area contributed by atoms with Crippen molar-refractivity contribution < 1.29 is 19.1 Å². The summed E-state index contributed by atoms with van der Waals surface area (Å²) in [5, 5.41) is 11.2. The summed E-state index contributed by atoms with van der Waals surface area (Å²) in [5.74, 6) is -0.783. The van der Waals surface area contributed by atoms with Gasteiger partial charge in [0.05, 0.1) is 12.7 Å². The van der Waals surface area contributed by atoms with Gasteiger partial charge in [0.25, 0.3) is 5.91 Å². The van der Waals surface area contributed by atoms with E-state index in [2.05, 4.69) is 5.16 Å². The van der Waals surface area contributed by atoms with Gasteiger partial charge in [-0.25, -0.2) is 4.39 Å². The number of rotatable bonds is 5. The quantitative estimate of drug-likeness (QED) is 0.362. The number of amidine groups is 1. The summed E-state index contributed by atoms with van der Waals surface area (Å²) in [6.45, 7) is 0.222. The molecular weight excluding hydrogens is 253 g/mol. The Morgan fingerprint density at radius 1 is 1.58 bits per heavy atom. The highest BCUT2D eigenvalue weighted by Crippen LogP contribution is 2.17. The molecule has 0 spiro atoms. The SMILES string of the molecule is COc1ccc(C(=O)N(C)CC/C(N)=N/O)c(F)c1. The molecule has 0 aliphatic carbocycles. The number of methoxy groups -OCH3 is 1. The minimum absolute atomic E-state index is 0.00912. The standard InChI is InChI=1S/C12H16FN3O3/c1-16(6-5-11(14)15-18)12(17)9-4-3-8(19-2)7-10(9)13/h3-4,7,18H,5-6H2,1-2H3,(H2,14,15). The molecule has 6 nitrogen and oxygen atoms in total. The molecule has 0 aromatic heterocycles. The Labute approximate surface area is 110 Å². The van der Waals surface area contributed by atoms with Crippen LogP contribution in [0.5, 0.6) is 5.75 Å².